The number of nitrogens with one attached hydrogen (secondary N) is 2. The molecular weight excluding hydrogens is 252 g/mol. The molecule has 20 heavy (non-hydrogen) atoms. The minimum absolute atomic E-state index is 0.0374. The molecule has 1 aliphatic rings. The Morgan fingerprint density at radius 2 is 2.25 bits per heavy atom. The smallest absolute Gasteiger partial charge is 0.258 e. The molecule has 1 amide bonds. The van der Waals surface area contributed by atoms with E-state index in [1.807, 2.05) is 32.0 Å². The SMILES string of the molecule is Cc1ccc(C)c(OCC(=O)NC2CCNCC2C)c1. The average Bonchev–Trinajstić information content (AvgIpc) is 2.42. The highest BCUT2D eigenvalue weighted by atomic mass is 16.5. The van der Waals surface area contributed by atoms with Gasteiger partial charge in [-0.05, 0) is 56.5 Å². The number of aryl methyl sites for hydroxylation is 2. The van der Waals surface area contributed by atoms with Crippen molar-refractivity contribution in [2.45, 2.75) is 33.2 Å². The first kappa shape index (κ1) is 14.9. The Kier molecular flexibility index (Phi) is 5.01. The Hall–Kier alpha value is -1.55. The molecule has 0 aromatic heterocycles. The van der Waals surface area contributed by atoms with Crippen molar-refractivity contribution in [1.29, 1.82) is 0 Å². The van der Waals surface area contributed by atoms with Gasteiger partial charge in [0.25, 0.3) is 5.91 Å². The van der Waals surface area contributed by atoms with E-state index in [9.17, 15) is 4.79 Å². The largest absolute Gasteiger partial charge is 0.483 e. The van der Waals surface area contributed by atoms with E-state index in [0.29, 0.717) is 5.92 Å². The molecule has 2 atom stereocenters. The van der Waals surface area contributed by atoms with Crippen LogP contribution in [-0.4, -0.2) is 31.6 Å². The highest BCUT2D eigenvalue weighted by molar-refractivity contribution is 5.78. The molecule has 0 aliphatic carbocycles. The quantitative estimate of drug-likeness (QED) is 0.881. The normalized spacial score (nSPS) is 22.4. The van der Waals surface area contributed by atoms with Gasteiger partial charge < -0.3 is 15.4 Å². The van der Waals surface area contributed by atoms with Gasteiger partial charge in [0.05, 0.1) is 0 Å². The average molecular weight is 276 g/mol. The van der Waals surface area contributed by atoms with Gasteiger partial charge >= 0.3 is 0 Å². The van der Waals surface area contributed by atoms with Crippen LogP contribution in [0.1, 0.15) is 24.5 Å². The molecule has 4 heteroatoms. The monoisotopic (exact) mass is 276 g/mol. The Labute approximate surface area is 120 Å². The first-order chi connectivity index (χ1) is 9.56. The first-order valence-electron chi connectivity index (χ1n) is 7.26. The molecule has 1 saturated heterocycles. The van der Waals surface area contributed by atoms with Crippen LogP contribution in [0.3, 0.4) is 0 Å². The summed E-state index contributed by atoms with van der Waals surface area (Å²) in [6.07, 6.45) is 0.983. The van der Waals surface area contributed by atoms with Crippen LogP contribution in [0.5, 0.6) is 5.75 Å². The molecule has 0 radical (unpaired) electrons. The fourth-order valence-corrected chi connectivity index (χ4v) is 2.48. The molecule has 0 spiro atoms. The summed E-state index contributed by atoms with van der Waals surface area (Å²) in [7, 11) is 0. The van der Waals surface area contributed by atoms with Crippen molar-refractivity contribution < 1.29 is 9.53 Å². The van der Waals surface area contributed by atoms with Crippen LogP contribution in [0.25, 0.3) is 0 Å². The molecular formula is C16H24N2O2. The standard InChI is InChI=1S/C16H24N2O2/c1-11-4-5-12(2)15(8-11)20-10-16(19)18-14-6-7-17-9-13(14)3/h4-5,8,13-14,17H,6-7,9-10H2,1-3H3,(H,18,19). The van der Waals surface area contributed by atoms with E-state index >= 15 is 0 Å². The number of amides is 1. The lowest BCUT2D eigenvalue weighted by Crippen LogP contribution is -2.49. The maximum absolute atomic E-state index is 12.0. The maximum Gasteiger partial charge on any atom is 0.258 e. The zero-order chi connectivity index (χ0) is 14.5. The van der Waals surface area contributed by atoms with Crippen molar-refractivity contribution in [3.8, 4) is 5.75 Å². The summed E-state index contributed by atoms with van der Waals surface area (Å²) in [6.45, 7) is 8.17. The van der Waals surface area contributed by atoms with Crippen molar-refractivity contribution in [3.05, 3.63) is 29.3 Å². The molecule has 1 aromatic carbocycles. The highest BCUT2D eigenvalue weighted by Crippen LogP contribution is 2.19. The van der Waals surface area contributed by atoms with Gasteiger partial charge in [-0.15, -0.1) is 0 Å². The summed E-state index contributed by atoms with van der Waals surface area (Å²) in [5.41, 5.74) is 2.19. The molecule has 1 aliphatic heterocycles. The van der Waals surface area contributed by atoms with Gasteiger partial charge in [0.15, 0.2) is 6.61 Å². The predicted molar refractivity (Wildman–Crippen MR) is 80.0 cm³/mol. The lowest BCUT2D eigenvalue weighted by Gasteiger charge is -2.30. The van der Waals surface area contributed by atoms with Gasteiger partial charge in [-0.3, -0.25) is 4.79 Å². The highest BCUT2D eigenvalue weighted by Gasteiger charge is 2.22. The van der Waals surface area contributed by atoms with Crippen LogP contribution in [0, 0.1) is 19.8 Å². The second kappa shape index (κ2) is 6.75. The fraction of sp³-hybridized carbons (Fsp3) is 0.562. The van der Waals surface area contributed by atoms with Gasteiger partial charge in [-0.1, -0.05) is 19.1 Å². The van der Waals surface area contributed by atoms with E-state index in [0.717, 1.165) is 36.4 Å². The number of carbonyl (C=O) groups excluding carboxylic acids is 1. The summed E-state index contributed by atoms with van der Waals surface area (Å²) in [6, 6.07) is 6.28. The lowest BCUT2D eigenvalue weighted by atomic mass is 9.95. The van der Waals surface area contributed by atoms with Crippen molar-refractivity contribution in [2.24, 2.45) is 5.92 Å². The summed E-state index contributed by atoms with van der Waals surface area (Å²) in [5.74, 6) is 1.22. The van der Waals surface area contributed by atoms with E-state index in [1.54, 1.807) is 0 Å². The zero-order valence-electron chi connectivity index (χ0n) is 12.5. The summed E-state index contributed by atoms with van der Waals surface area (Å²) >= 11 is 0. The molecule has 2 N–H and O–H groups in total. The topological polar surface area (TPSA) is 50.4 Å². The number of hydrogen-bond donors (Lipinski definition) is 2. The minimum atomic E-state index is -0.0374. The summed E-state index contributed by atoms with van der Waals surface area (Å²) < 4.78 is 5.63. The van der Waals surface area contributed by atoms with Crippen molar-refractivity contribution in [1.82, 2.24) is 10.6 Å². The molecule has 1 fully saturated rings. The van der Waals surface area contributed by atoms with Crippen LogP contribution in [-0.2, 0) is 4.79 Å². The van der Waals surface area contributed by atoms with Gasteiger partial charge in [-0.2, -0.15) is 0 Å². The fourth-order valence-electron chi connectivity index (χ4n) is 2.48. The predicted octanol–water partition coefficient (Wildman–Crippen LogP) is 1.80. The zero-order valence-corrected chi connectivity index (χ0v) is 12.5. The molecule has 0 bridgehead atoms. The number of ether oxygens (including phenoxy) is 1. The molecule has 2 rings (SSSR count). The second-order valence-electron chi connectivity index (χ2n) is 5.70. The summed E-state index contributed by atoms with van der Waals surface area (Å²) in [5, 5.41) is 6.40. The van der Waals surface area contributed by atoms with E-state index in [4.69, 9.17) is 4.74 Å². The number of piperidine rings is 1. The van der Waals surface area contributed by atoms with E-state index in [-0.39, 0.29) is 18.6 Å². The third-order valence-corrected chi connectivity index (χ3v) is 3.83. The van der Waals surface area contributed by atoms with E-state index in [2.05, 4.69) is 17.6 Å². The van der Waals surface area contributed by atoms with Crippen LogP contribution < -0.4 is 15.4 Å². The number of carbonyl (C=O) groups is 1. The van der Waals surface area contributed by atoms with Gasteiger partial charge in [0, 0.05) is 6.04 Å². The van der Waals surface area contributed by atoms with Crippen molar-refractivity contribution in [2.75, 3.05) is 19.7 Å². The molecule has 1 heterocycles. The minimum Gasteiger partial charge on any atom is -0.483 e. The van der Waals surface area contributed by atoms with Crippen molar-refractivity contribution >= 4 is 5.91 Å². The Morgan fingerprint density at radius 3 is 3.00 bits per heavy atom. The van der Waals surface area contributed by atoms with E-state index < -0.39 is 0 Å². The lowest BCUT2D eigenvalue weighted by molar-refractivity contribution is -0.124. The molecule has 4 nitrogen and oxygen atoms in total. The molecule has 110 valence electrons. The molecule has 1 aromatic rings. The van der Waals surface area contributed by atoms with Gasteiger partial charge in [0.2, 0.25) is 0 Å². The van der Waals surface area contributed by atoms with Crippen LogP contribution in [0.4, 0.5) is 0 Å². The maximum atomic E-state index is 12.0. The summed E-state index contributed by atoms with van der Waals surface area (Å²) in [4.78, 5) is 12.0. The first-order valence-corrected chi connectivity index (χ1v) is 7.26. The van der Waals surface area contributed by atoms with Gasteiger partial charge in [0.1, 0.15) is 5.75 Å². The number of benzene rings is 1. The van der Waals surface area contributed by atoms with Crippen LogP contribution >= 0.6 is 0 Å². The third kappa shape index (κ3) is 3.97. The van der Waals surface area contributed by atoms with Gasteiger partial charge in [-0.25, -0.2) is 0 Å². The Morgan fingerprint density at radius 1 is 1.45 bits per heavy atom. The second-order valence-corrected chi connectivity index (χ2v) is 5.70. The third-order valence-electron chi connectivity index (χ3n) is 3.83. The number of rotatable bonds is 4. The van der Waals surface area contributed by atoms with Crippen molar-refractivity contribution in [3.63, 3.8) is 0 Å². The molecule has 0 saturated carbocycles. The Balaban J connectivity index is 1.84. The number of hydrogen-bond acceptors (Lipinski definition) is 3. The van der Waals surface area contributed by atoms with Crippen LogP contribution in [0.2, 0.25) is 0 Å². The van der Waals surface area contributed by atoms with E-state index in [1.165, 1.54) is 0 Å². The Bertz CT molecular complexity index is 474. The molecule has 2 unspecified atom stereocenters. The van der Waals surface area contributed by atoms with Crippen LogP contribution in [0.15, 0.2) is 18.2 Å².